The summed E-state index contributed by atoms with van der Waals surface area (Å²) in [6.45, 7) is 6.52. The zero-order valence-electron chi connectivity index (χ0n) is 16.3. The predicted molar refractivity (Wildman–Crippen MR) is 116 cm³/mol. The maximum atomic E-state index is 12.7. The van der Waals surface area contributed by atoms with E-state index in [0.29, 0.717) is 6.42 Å². The fraction of sp³-hybridized carbons (Fsp3) is 0.208. The Balaban J connectivity index is 1.55. The molecule has 0 aliphatic carbocycles. The zero-order valence-corrected chi connectivity index (χ0v) is 17.1. The summed E-state index contributed by atoms with van der Waals surface area (Å²) in [5, 5.41) is 0.951. The van der Waals surface area contributed by atoms with E-state index in [1.807, 2.05) is 42.6 Å². The Morgan fingerprint density at radius 3 is 2.54 bits per heavy atom. The summed E-state index contributed by atoms with van der Waals surface area (Å²) < 4.78 is 1.07. The first-order valence-corrected chi connectivity index (χ1v) is 10.2. The van der Waals surface area contributed by atoms with Gasteiger partial charge in [0, 0.05) is 29.9 Å². The molecule has 0 aliphatic heterocycles. The predicted octanol–water partition coefficient (Wildman–Crippen LogP) is 6.08. The molecule has 28 heavy (non-hydrogen) atoms. The van der Waals surface area contributed by atoms with Gasteiger partial charge in [0.1, 0.15) is 5.01 Å². The quantitative estimate of drug-likeness (QED) is 0.399. The van der Waals surface area contributed by atoms with E-state index in [2.05, 4.69) is 48.9 Å². The molecule has 0 atom stereocenters. The third-order valence-corrected chi connectivity index (χ3v) is 5.86. The molecule has 4 heteroatoms. The second-order valence-electron chi connectivity index (χ2n) is 7.99. The second kappa shape index (κ2) is 7.28. The number of nitrogens with zero attached hydrogens (tertiary/aromatic N) is 2. The average molecular weight is 387 g/mol. The van der Waals surface area contributed by atoms with E-state index in [1.54, 1.807) is 17.5 Å². The van der Waals surface area contributed by atoms with Crippen LogP contribution in [0.2, 0.25) is 0 Å². The van der Waals surface area contributed by atoms with Crippen molar-refractivity contribution >= 4 is 27.3 Å². The minimum Gasteiger partial charge on any atom is -0.294 e. The first kappa shape index (κ1) is 18.5. The van der Waals surface area contributed by atoms with E-state index < -0.39 is 0 Å². The number of pyridine rings is 1. The number of hydrogen-bond acceptors (Lipinski definition) is 4. The summed E-state index contributed by atoms with van der Waals surface area (Å²) in [5.41, 5.74) is 5.06. The Kier molecular flexibility index (Phi) is 4.82. The van der Waals surface area contributed by atoms with E-state index in [0.717, 1.165) is 31.9 Å². The van der Waals surface area contributed by atoms with Crippen molar-refractivity contribution in [3.63, 3.8) is 0 Å². The number of carbonyl (C=O) groups is 1. The van der Waals surface area contributed by atoms with Crippen molar-refractivity contribution in [2.24, 2.45) is 0 Å². The highest BCUT2D eigenvalue weighted by molar-refractivity contribution is 7.21. The van der Waals surface area contributed by atoms with Crippen molar-refractivity contribution < 1.29 is 4.79 Å². The van der Waals surface area contributed by atoms with Crippen LogP contribution in [0.4, 0.5) is 0 Å². The Morgan fingerprint density at radius 2 is 1.82 bits per heavy atom. The Labute approximate surface area is 169 Å². The number of aromatic nitrogens is 2. The lowest BCUT2D eigenvalue weighted by Gasteiger charge is -2.19. The van der Waals surface area contributed by atoms with Gasteiger partial charge < -0.3 is 0 Å². The van der Waals surface area contributed by atoms with Gasteiger partial charge in [-0.05, 0) is 28.7 Å². The number of Topliss-reactive ketones (excluding diaryl/α,β-unsaturated/α-hetero) is 1. The Hall–Kier alpha value is -2.85. The molecule has 0 aliphatic rings. The average Bonchev–Trinajstić information content (AvgIpc) is 3.12. The lowest BCUT2D eigenvalue weighted by Crippen LogP contribution is -2.11. The first-order valence-electron chi connectivity index (χ1n) is 9.34. The molecule has 0 saturated carbocycles. The van der Waals surface area contributed by atoms with Crippen molar-refractivity contribution in [2.45, 2.75) is 32.6 Å². The highest BCUT2D eigenvalue weighted by Crippen LogP contribution is 2.30. The maximum absolute atomic E-state index is 12.7. The molecule has 0 amide bonds. The molecule has 4 aromatic rings. The number of fused-ring (bicyclic) bond motifs is 1. The van der Waals surface area contributed by atoms with Crippen molar-refractivity contribution in [1.29, 1.82) is 0 Å². The number of benzene rings is 2. The van der Waals surface area contributed by atoms with Crippen LogP contribution in [0.1, 0.15) is 42.3 Å². The topological polar surface area (TPSA) is 42.9 Å². The van der Waals surface area contributed by atoms with Crippen molar-refractivity contribution in [3.05, 3.63) is 83.7 Å². The summed E-state index contributed by atoms with van der Waals surface area (Å²) in [4.78, 5) is 21.6. The summed E-state index contributed by atoms with van der Waals surface area (Å²) in [5.74, 6) is 0.131. The molecule has 0 spiro atoms. The summed E-state index contributed by atoms with van der Waals surface area (Å²) in [7, 11) is 0. The molecule has 0 N–H and O–H groups in total. The summed E-state index contributed by atoms with van der Waals surface area (Å²) >= 11 is 1.62. The molecule has 0 fully saturated rings. The molecule has 2 aromatic carbocycles. The largest absolute Gasteiger partial charge is 0.294 e. The second-order valence-corrected chi connectivity index (χ2v) is 9.02. The minimum absolute atomic E-state index is 0.0860. The number of ketones is 1. The number of thiazole rings is 1. The molecule has 3 nitrogen and oxygen atoms in total. The van der Waals surface area contributed by atoms with Crippen LogP contribution in [0.15, 0.2) is 67.0 Å². The van der Waals surface area contributed by atoms with Crippen LogP contribution < -0.4 is 0 Å². The molecule has 140 valence electrons. The number of hydrogen-bond donors (Lipinski definition) is 0. The Morgan fingerprint density at radius 1 is 1.04 bits per heavy atom. The van der Waals surface area contributed by atoms with Crippen molar-refractivity contribution in [2.75, 3.05) is 0 Å². The molecule has 0 bridgehead atoms. The molecule has 2 heterocycles. The summed E-state index contributed by atoms with van der Waals surface area (Å²) in [6.07, 6.45) is 3.98. The zero-order chi connectivity index (χ0) is 19.7. The van der Waals surface area contributed by atoms with Crippen molar-refractivity contribution in [3.8, 4) is 10.6 Å². The third-order valence-electron chi connectivity index (χ3n) is 4.80. The lowest BCUT2D eigenvalue weighted by atomic mass is 9.86. The van der Waals surface area contributed by atoms with E-state index in [9.17, 15) is 4.79 Å². The van der Waals surface area contributed by atoms with Gasteiger partial charge in [-0.2, -0.15) is 0 Å². The first-order chi connectivity index (χ1) is 13.4. The highest BCUT2D eigenvalue weighted by Gasteiger charge is 2.15. The number of carbonyl (C=O) groups excluding carboxylic acids is 1. The molecule has 0 radical (unpaired) electrons. The van der Waals surface area contributed by atoms with Gasteiger partial charge in [0.15, 0.2) is 5.78 Å². The van der Waals surface area contributed by atoms with Gasteiger partial charge in [-0.15, -0.1) is 11.3 Å². The fourth-order valence-corrected chi connectivity index (χ4v) is 4.09. The normalized spacial score (nSPS) is 11.7. The van der Waals surface area contributed by atoms with Gasteiger partial charge in [-0.3, -0.25) is 9.78 Å². The SMILES string of the molecule is CC(C)(C)c1ccc(C(=O)Cc2cccc(-c3nc4ccncc4s3)c2)cc1. The van der Waals surface area contributed by atoms with E-state index in [4.69, 9.17) is 0 Å². The monoisotopic (exact) mass is 386 g/mol. The van der Waals surface area contributed by atoms with Gasteiger partial charge in [-0.25, -0.2) is 4.98 Å². The lowest BCUT2D eigenvalue weighted by molar-refractivity contribution is 0.0993. The highest BCUT2D eigenvalue weighted by atomic mass is 32.1. The van der Waals surface area contributed by atoms with Gasteiger partial charge in [0.25, 0.3) is 0 Å². The van der Waals surface area contributed by atoms with Gasteiger partial charge in [0.05, 0.1) is 10.2 Å². The van der Waals surface area contributed by atoms with Crippen LogP contribution in [0, 0.1) is 0 Å². The molecular weight excluding hydrogens is 364 g/mol. The van der Waals surface area contributed by atoms with Crippen LogP contribution >= 0.6 is 11.3 Å². The molecular formula is C24H22N2OS. The molecule has 0 saturated heterocycles. The van der Waals surface area contributed by atoms with Gasteiger partial charge in [-0.1, -0.05) is 63.2 Å². The molecule has 4 rings (SSSR count). The Bertz CT molecular complexity index is 1100. The van der Waals surface area contributed by atoms with E-state index in [1.165, 1.54) is 5.56 Å². The van der Waals surface area contributed by atoms with Gasteiger partial charge >= 0.3 is 0 Å². The number of rotatable bonds is 4. The van der Waals surface area contributed by atoms with Crippen LogP contribution in [0.5, 0.6) is 0 Å². The standard InChI is InChI=1S/C24H22N2OS/c1-24(2,3)19-9-7-17(8-10-19)21(27)14-16-5-4-6-18(13-16)23-26-20-11-12-25-15-22(20)28-23/h4-13,15H,14H2,1-3H3. The van der Waals surface area contributed by atoms with Crippen molar-refractivity contribution in [1.82, 2.24) is 9.97 Å². The van der Waals surface area contributed by atoms with E-state index in [-0.39, 0.29) is 11.2 Å². The van der Waals surface area contributed by atoms with Crippen LogP contribution in [-0.2, 0) is 11.8 Å². The molecule has 0 unspecified atom stereocenters. The fourth-order valence-electron chi connectivity index (χ4n) is 3.16. The van der Waals surface area contributed by atoms with Crippen LogP contribution in [-0.4, -0.2) is 15.8 Å². The van der Waals surface area contributed by atoms with Crippen LogP contribution in [0.25, 0.3) is 20.8 Å². The minimum atomic E-state index is 0.0860. The smallest absolute Gasteiger partial charge is 0.167 e. The van der Waals surface area contributed by atoms with Crippen LogP contribution in [0.3, 0.4) is 0 Å². The maximum Gasteiger partial charge on any atom is 0.167 e. The van der Waals surface area contributed by atoms with Gasteiger partial charge in [0.2, 0.25) is 0 Å². The summed E-state index contributed by atoms with van der Waals surface area (Å²) in [6, 6.07) is 18.0. The third kappa shape index (κ3) is 3.87. The molecule has 2 aromatic heterocycles. The van der Waals surface area contributed by atoms with E-state index >= 15 is 0 Å².